The van der Waals surface area contributed by atoms with Crippen molar-refractivity contribution in [2.45, 2.75) is 12.8 Å². The molecule has 0 aliphatic carbocycles. The number of nitrogens with one attached hydrogen (secondary N) is 1. The summed E-state index contributed by atoms with van der Waals surface area (Å²) in [6, 6.07) is 7.75. The fourth-order valence-corrected chi connectivity index (χ4v) is 3.05. The van der Waals surface area contributed by atoms with Gasteiger partial charge in [0.2, 0.25) is 5.91 Å². The van der Waals surface area contributed by atoms with Gasteiger partial charge in [-0.2, -0.15) is 5.26 Å². The average molecular weight is 322 g/mol. The van der Waals surface area contributed by atoms with Crippen molar-refractivity contribution >= 4 is 27.5 Å². The first-order valence-electron chi connectivity index (χ1n) is 6.32. The maximum Gasteiger partial charge on any atom is 0.222 e. The topological polar surface area (TPSA) is 56.1 Å². The molecule has 0 atom stereocenters. The molecule has 1 aromatic rings. The number of carbonyl (C=O) groups is 1. The van der Waals surface area contributed by atoms with Gasteiger partial charge in [-0.25, -0.2) is 0 Å². The maximum absolute atomic E-state index is 11.6. The summed E-state index contributed by atoms with van der Waals surface area (Å²) in [6.45, 7) is 1.73. The van der Waals surface area contributed by atoms with E-state index < -0.39 is 0 Å². The number of halogens is 1. The number of hydrogen-bond acceptors (Lipinski definition) is 3. The summed E-state index contributed by atoms with van der Waals surface area (Å²) in [7, 11) is 1.69. The van der Waals surface area contributed by atoms with E-state index in [2.05, 4.69) is 32.2 Å². The van der Waals surface area contributed by atoms with E-state index in [0.717, 1.165) is 36.1 Å². The Kier molecular flexibility index (Phi) is 4.43. The van der Waals surface area contributed by atoms with Crippen LogP contribution < -0.4 is 10.2 Å². The third-order valence-electron chi connectivity index (χ3n) is 3.53. The van der Waals surface area contributed by atoms with Crippen molar-refractivity contribution in [3.63, 3.8) is 0 Å². The Morgan fingerprint density at radius 1 is 1.47 bits per heavy atom. The largest absolute Gasteiger partial charge is 0.371 e. The molecule has 1 aromatic carbocycles. The minimum Gasteiger partial charge on any atom is -0.371 e. The monoisotopic (exact) mass is 321 g/mol. The van der Waals surface area contributed by atoms with Crippen LogP contribution >= 0.6 is 15.9 Å². The van der Waals surface area contributed by atoms with E-state index in [-0.39, 0.29) is 11.8 Å². The van der Waals surface area contributed by atoms with Crippen LogP contribution in [0.1, 0.15) is 18.4 Å². The van der Waals surface area contributed by atoms with Gasteiger partial charge in [-0.15, -0.1) is 0 Å². The predicted molar refractivity (Wildman–Crippen MR) is 77.9 cm³/mol. The number of hydrogen-bond donors (Lipinski definition) is 1. The van der Waals surface area contributed by atoms with Gasteiger partial charge in [-0.3, -0.25) is 4.79 Å². The molecule has 0 radical (unpaired) electrons. The van der Waals surface area contributed by atoms with Gasteiger partial charge in [-0.05, 0) is 47.0 Å². The summed E-state index contributed by atoms with van der Waals surface area (Å²) in [5.41, 5.74) is 1.74. The van der Waals surface area contributed by atoms with Crippen molar-refractivity contribution < 1.29 is 4.79 Å². The maximum atomic E-state index is 11.6. The molecular weight excluding hydrogens is 306 g/mol. The molecule has 1 aliphatic rings. The van der Waals surface area contributed by atoms with E-state index in [1.54, 1.807) is 7.05 Å². The highest BCUT2D eigenvalue weighted by Crippen LogP contribution is 2.30. The van der Waals surface area contributed by atoms with Crippen molar-refractivity contribution in [3.8, 4) is 6.07 Å². The number of nitrogens with zero attached hydrogens (tertiary/aromatic N) is 2. The molecule has 1 aliphatic heterocycles. The fourth-order valence-electron chi connectivity index (χ4n) is 2.42. The third-order valence-corrected chi connectivity index (χ3v) is 4.16. The molecule has 1 amide bonds. The number of amides is 1. The van der Waals surface area contributed by atoms with E-state index in [1.807, 2.05) is 18.2 Å². The molecule has 1 heterocycles. The standard InChI is InChI=1S/C14H16BrN3O/c1-17-14(19)11-4-6-18(7-5-11)13-3-2-10(9-16)8-12(13)15/h2-3,8,11H,4-7H2,1H3,(H,17,19). The van der Waals surface area contributed by atoms with E-state index >= 15 is 0 Å². The number of piperidine rings is 1. The molecule has 0 aromatic heterocycles. The SMILES string of the molecule is CNC(=O)C1CCN(c2ccc(C#N)cc2Br)CC1. The van der Waals surface area contributed by atoms with Crippen LogP contribution in [0, 0.1) is 17.2 Å². The first-order chi connectivity index (χ1) is 9.15. The van der Waals surface area contributed by atoms with Gasteiger partial charge in [0.15, 0.2) is 0 Å². The molecule has 100 valence electrons. The van der Waals surface area contributed by atoms with Gasteiger partial charge in [-0.1, -0.05) is 0 Å². The molecule has 5 heteroatoms. The smallest absolute Gasteiger partial charge is 0.222 e. The lowest BCUT2D eigenvalue weighted by molar-refractivity contribution is -0.125. The summed E-state index contributed by atoms with van der Waals surface area (Å²) in [6.07, 6.45) is 1.73. The van der Waals surface area contributed by atoms with Crippen LogP contribution in [-0.4, -0.2) is 26.0 Å². The summed E-state index contributed by atoms with van der Waals surface area (Å²) < 4.78 is 0.935. The first kappa shape index (κ1) is 13.9. The van der Waals surface area contributed by atoms with Crippen molar-refractivity contribution in [3.05, 3.63) is 28.2 Å². The van der Waals surface area contributed by atoms with E-state index in [4.69, 9.17) is 5.26 Å². The van der Waals surface area contributed by atoms with Crippen LogP contribution in [0.25, 0.3) is 0 Å². The zero-order valence-electron chi connectivity index (χ0n) is 10.8. The Labute approximate surface area is 121 Å². The van der Waals surface area contributed by atoms with E-state index in [0.29, 0.717) is 5.56 Å². The second kappa shape index (κ2) is 6.07. The molecule has 0 spiro atoms. The van der Waals surface area contributed by atoms with Crippen LogP contribution in [0.4, 0.5) is 5.69 Å². The number of carbonyl (C=O) groups excluding carboxylic acids is 1. The number of benzene rings is 1. The van der Waals surface area contributed by atoms with Crippen molar-refractivity contribution in [1.29, 1.82) is 5.26 Å². The summed E-state index contributed by atoms with van der Waals surface area (Å²) in [4.78, 5) is 13.8. The van der Waals surface area contributed by atoms with Gasteiger partial charge in [0.1, 0.15) is 0 Å². The lowest BCUT2D eigenvalue weighted by Crippen LogP contribution is -2.39. The van der Waals surface area contributed by atoms with Crippen LogP contribution in [0.15, 0.2) is 22.7 Å². The molecule has 0 bridgehead atoms. The molecule has 2 rings (SSSR count). The molecule has 0 saturated carbocycles. The summed E-state index contributed by atoms with van der Waals surface area (Å²) >= 11 is 3.51. The average Bonchev–Trinajstić information content (AvgIpc) is 2.46. The van der Waals surface area contributed by atoms with Crippen molar-refractivity contribution in [1.82, 2.24) is 5.32 Å². The summed E-state index contributed by atoms with van der Waals surface area (Å²) in [5.74, 6) is 0.261. The second-order valence-corrected chi connectivity index (χ2v) is 5.51. The zero-order chi connectivity index (χ0) is 13.8. The Bertz CT molecular complexity index is 516. The molecule has 1 fully saturated rings. The lowest BCUT2D eigenvalue weighted by atomic mass is 9.95. The molecule has 1 saturated heterocycles. The second-order valence-electron chi connectivity index (χ2n) is 4.65. The van der Waals surface area contributed by atoms with Crippen LogP contribution in [0.2, 0.25) is 0 Å². The molecule has 4 nitrogen and oxygen atoms in total. The fraction of sp³-hybridized carbons (Fsp3) is 0.429. The van der Waals surface area contributed by atoms with Crippen LogP contribution in [0.5, 0.6) is 0 Å². The normalized spacial score (nSPS) is 15.9. The van der Waals surface area contributed by atoms with Crippen molar-refractivity contribution in [2.24, 2.45) is 5.92 Å². The Morgan fingerprint density at radius 2 is 2.16 bits per heavy atom. The van der Waals surface area contributed by atoms with Gasteiger partial charge >= 0.3 is 0 Å². The molecule has 19 heavy (non-hydrogen) atoms. The van der Waals surface area contributed by atoms with Gasteiger partial charge in [0, 0.05) is 30.5 Å². The highest BCUT2D eigenvalue weighted by atomic mass is 79.9. The van der Waals surface area contributed by atoms with Crippen LogP contribution in [-0.2, 0) is 4.79 Å². The van der Waals surface area contributed by atoms with Crippen molar-refractivity contribution in [2.75, 3.05) is 25.0 Å². The van der Waals surface area contributed by atoms with E-state index in [1.165, 1.54) is 0 Å². The van der Waals surface area contributed by atoms with Gasteiger partial charge in [0.05, 0.1) is 17.3 Å². The Balaban J connectivity index is 2.06. The van der Waals surface area contributed by atoms with Crippen LogP contribution in [0.3, 0.4) is 0 Å². The highest BCUT2D eigenvalue weighted by Gasteiger charge is 2.25. The number of anilines is 1. The predicted octanol–water partition coefficient (Wildman–Crippen LogP) is 2.28. The minimum atomic E-state index is 0.124. The quantitative estimate of drug-likeness (QED) is 0.909. The first-order valence-corrected chi connectivity index (χ1v) is 7.11. The molecule has 0 unspecified atom stereocenters. The van der Waals surface area contributed by atoms with Gasteiger partial charge in [0.25, 0.3) is 0 Å². The third kappa shape index (κ3) is 3.07. The number of rotatable bonds is 2. The Hall–Kier alpha value is -1.54. The number of nitriles is 1. The Morgan fingerprint density at radius 3 is 2.68 bits per heavy atom. The summed E-state index contributed by atoms with van der Waals surface area (Å²) in [5, 5.41) is 11.6. The van der Waals surface area contributed by atoms with Gasteiger partial charge < -0.3 is 10.2 Å². The highest BCUT2D eigenvalue weighted by molar-refractivity contribution is 9.10. The van der Waals surface area contributed by atoms with E-state index in [9.17, 15) is 4.79 Å². The lowest BCUT2D eigenvalue weighted by Gasteiger charge is -2.33. The zero-order valence-corrected chi connectivity index (χ0v) is 12.4. The molecule has 1 N–H and O–H groups in total. The molecular formula is C14H16BrN3O. The minimum absolute atomic E-state index is 0.124.